The molecule has 2 aliphatic heterocycles. The SMILES string of the molecule is CN=C(NCc1cccnc1N1CCN(C)CC1)NCC(C(C)C)N1CCCCCC1.I. The lowest BCUT2D eigenvalue weighted by Gasteiger charge is -2.34. The van der Waals surface area contributed by atoms with E-state index in [1.165, 1.54) is 44.3 Å². The summed E-state index contributed by atoms with van der Waals surface area (Å²) in [5.41, 5.74) is 1.22. The summed E-state index contributed by atoms with van der Waals surface area (Å²) in [4.78, 5) is 16.6. The fourth-order valence-electron chi connectivity index (χ4n) is 4.69. The van der Waals surface area contributed by atoms with Crippen molar-refractivity contribution in [3.63, 3.8) is 0 Å². The van der Waals surface area contributed by atoms with Crippen LogP contribution in [0, 0.1) is 5.92 Å². The number of guanidine groups is 1. The largest absolute Gasteiger partial charge is 0.355 e. The van der Waals surface area contributed by atoms with Crippen LogP contribution in [0.25, 0.3) is 0 Å². The molecular weight excluding hydrogens is 513 g/mol. The summed E-state index contributed by atoms with van der Waals surface area (Å²) in [7, 11) is 4.04. The van der Waals surface area contributed by atoms with Gasteiger partial charge in [0.15, 0.2) is 5.96 Å². The number of hydrogen-bond acceptors (Lipinski definition) is 5. The predicted octanol–water partition coefficient (Wildman–Crippen LogP) is 3.02. The molecule has 182 valence electrons. The molecule has 0 radical (unpaired) electrons. The van der Waals surface area contributed by atoms with Gasteiger partial charge in [-0.25, -0.2) is 4.98 Å². The maximum Gasteiger partial charge on any atom is 0.191 e. The van der Waals surface area contributed by atoms with Crippen molar-refractivity contribution in [1.82, 2.24) is 25.4 Å². The second kappa shape index (κ2) is 14.2. The van der Waals surface area contributed by atoms with Gasteiger partial charge in [0, 0.05) is 64.1 Å². The van der Waals surface area contributed by atoms with Crippen LogP contribution in [0.2, 0.25) is 0 Å². The molecule has 0 aromatic carbocycles. The van der Waals surface area contributed by atoms with E-state index >= 15 is 0 Å². The summed E-state index contributed by atoms with van der Waals surface area (Å²) < 4.78 is 0. The molecule has 0 aliphatic carbocycles. The van der Waals surface area contributed by atoms with Crippen LogP contribution in [0.4, 0.5) is 5.82 Å². The lowest BCUT2D eigenvalue weighted by molar-refractivity contribution is 0.161. The number of piperazine rings is 1. The number of likely N-dealkylation sites (tertiary alicyclic amines) is 1. The normalized spacial score (nSPS) is 19.9. The summed E-state index contributed by atoms with van der Waals surface area (Å²) in [5, 5.41) is 7.13. The van der Waals surface area contributed by atoms with Crippen molar-refractivity contribution in [2.45, 2.75) is 52.1 Å². The fraction of sp³-hybridized carbons (Fsp3) is 0.750. The van der Waals surface area contributed by atoms with E-state index in [4.69, 9.17) is 4.98 Å². The third-order valence-electron chi connectivity index (χ3n) is 6.70. The lowest BCUT2D eigenvalue weighted by atomic mass is 10.0. The van der Waals surface area contributed by atoms with Crippen LogP contribution in [0.1, 0.15) is 45.1 Å². The van der Waals surface area contributed by atoms with Crippen LogP contribution in [0.3, 0.4) is 0 Å². The first kappa shape index (κ1) is 27.1. The van der Waals surface area contributed by atoms with Gasteiger partial charge in [0.1, 0.15) is 5.82 Å². The second-order valence-electron chi connectivity index (χ2n) is 9.34. The van der Waals surface area contributed by atoms with Crippen molar-refractivity contribution in [2.75, 3.05) is 64.8 Å². The number of hydrogen-bond donors (Lipinski definition) is 2. The molecule has 1 aromatic heterocycles. The molecule has 3 heterocycles. The standard InChI is InChI=1S/C24H43N7.HI/c1-20(2)22(30-12-7-5-6-8-13-30)19-28-24(25-3)27-18-21-10-9-11-26-23(21)31-16-14-29(4)15-17-31;/h9-11,20,22H,5-8,12-19H2,1-4H3,(H2,25,27,28);1H. The van der Waals surface area contributed by atoms with Gasteiger partial charge in [0.05, 0.1) is 0 Å². The van der Waals surface area contributed by atoms with Gasteiger partial charge < -0.3 is 20.4 Å². The summed E-state index contributed by atoms with van der Waals surface area (Å²) in [5.74, 6) is 2.59. The van der Waals surface area contributed by atoms with Crippen LogP contribution in [-0.2, 0) is 6.54 Å². The number of halogens is 1. The summed E-state index contributed by atoms with van der Waals surface area (Å²) in [6, 6.07) is 4.74. The Kier molecular flexibility index (Phi) is 12.0. The van der Waals surface area contributed by atoms with E-state index in [0.29, 0.717) is 12.0 Å². The lowest BCUT2D eigenvalue weighted by Crippen LogP contribution is -2.49. The van der Waals surface area contributed by atoms with E-state index in [0.717, 1.165) is 51.0 Å². The van der Waals surface area contributed by atoms with Gasteiger partial charge in [-0.2, -0.15) is 0 Å². The third kappa shape index (κ3) is 8.02. The zero-order valence-corrected chi connectivity index (χ0v) is 22.8. The monoisotopic (exact) mass is 557 g/mol. The fourth-order valence-corrected chi connectivity index (χ4v) is 4.69. The topological polar surface area (TPSA) is 59.0 Å². The first-order valence-electron chi connectivity index (χ1n) is 12.1. The van der Waals surface area contributed by atoms with Crippen molar-refractivity contribution in [2.24, 2.45) is 10.9 Å². The highest BCUT2D eigenvalue weighted by atomic mass is 127. The van der Waals surface area contributed by atoms with Crippen LogP contribution >= 0.6 is 24.0 Å². The Bertz CT molecular complexity index is 681. The molecule has 0 amide bonds. The molecule has 1 atom stereocenters. The number of anilines is 1. The van der Waals surface area contributed by atoms with E-state index < -0.39 is 0 Å². The maximum absolute atomic E-state index is 4.70. The minimum atomic E-state index is 0. The Morgan fingerprint density at radius 1 is 1.03 bits per heavy atom. The smallest absolute Gasteiger partial charge is 0.191 e. The molecule has 8 heteroatoms. The first-order chi connectivity index (χ1) is 15.1. The third-order valence-corrected chi connectivity index (χ3v) is 6.70. The van der Waals surface area contributed by atoms with Gasteiger partial charge in [-0.15, -0.1) is 24.0 Å². The molecule has 2 aliphatic rings. The predicted molar refractivity (Wildman–Crippen MR) is 146 cm³/mol. The van der Waals surface area contributed by atoms with Gasteiger partial charge in [-0.05, 0) is 45.0 Å². The van der Waals surface area contributed by atoms with Crippen molar-refractivity contribution < 1.29 is 0 Å². The Labute approximate surface area is 212 Å². The Balaban J connectivity index is 0.00000363. The van der Waals surface area contributed by atoms with E-state index in [9.17, 15) is 0 Å². The van der Waals surface area contributed by atoms with Crippen molar-refractivity contribution in [1.29, 1.82) is 0 Å². The molecule has 7 nitrogen and oxygen atoms in total. The molecule has 3 rings (SSSR count). The number of nitrogens with zero attached hydrogens (tertiary/aromatic N) is 5. The van der Waals surface area contributed by atoms with E-state index in [-0.39, 0.29) is 24.0 Å². The molecule has 0 spiro atoms. The second-order valence-corrected chi connectivity index (χ2v) is 9.34. The van der Waals surface area contributed by atoms with E-state index in [2.05, 4.69) is 57.3 Å². The van der Waals surface area contributed by atoms with Crippen LogP contribution in [0.15, 0.2) is 23.3 Å². The average molecular weight is 558 g/mol. The van der Waals surface area contributed by atoms with Gasteiger partial charge in [-0.1, -0.05) is 32.8 Å². The number of rotatable bonds is 7. The highest BCUT2D eigenvalue weighted by Gasteiger charge is 2.23. The zero-order valence-electron chi connectivity index (χ0n) is 20.5. The number of aliphatic imine (C=N–C) groups is 1. The van der Waals surface area contributed by atoms with Gasteiger partial charge in [-0.3, -0.25) is 9.89 Å². The van der Waals surface area contributed by atoms with E-state index in [1.807, 2.05) is 19.3 Å². The van der Waals surface area contributed by atoms with Crippen molar-refractivity contribution in [3.8, 4) is 0 Å². The van der Waals surface area contributed by atoms with E-state index in [1.54, 1.807) is 0 Å². The molecule has 2 N–H and O–H groups in total. The molecule has 32 heavy (non-hydrogen) atoms. The van der Waals surface area contributed by atoms with Gasteiger partial charge >= 0.3 is 0 Å². The van der Waals surface area contributed by atoms with Crippen LogP contribution < -0.4 is 15.5 Å². The Morgan fingerprint density at radius 3 is 2.34 bits per heavy atom. The highest BCUT2D eigenvalue weighted by molar-refractivity contribution is 14.0. The zero-order chi connectivity index (χ0) is 22.1. The Hall–Kier alpha value is -1.13. The molecular formula is C24H44IN7. The van der Waals surface area contributed by atoms with Crippen molar-refractivity contribution >= 4 is 35.8 Å². The van der Waals surface area contributed by atoms with Crippen LogP contribution in [-0.4, -0.2) is 86.7 Å². The van der Waals surface area contributed by atoms with Gasteiger partial charge in [0.25, 0.3) is 0 Å². The molecule has 2 saturated heterocycles. The molecule has 0 bridgehead atoms. The van der Waals surface area contributed by atoms with Crippen molar-refractivity contribution in [3.05, 3.63) is 23.9 Å². The Morgan fingerprint density at radius 2 is 1.72 bits per heavy atom. The average Bonchev–Trinajstić information content (AvgIpc) is 3.06. The van der Waals surface area contributed by atoms with Crippen LogP contribution in [0.5, 0.6) is 0 Å². The quantitative estimate of drug-likeness (QED) is 0.306. The number of aromatic nitrogens is 1. The number of likely N-dealkylation sites (N-methyl/N-ethyl adjacent to an activating group) is 1. The molecule has 0 saturated carbocycles. The molecule has 1 unspecified atom stereocenters. The summed E-state index contributed by atoms with van der Waals surface area (Å²) in [6.07, 6.45) is 7.30. The maximum atomic E-state index is 4.70. The summed E-state index contributed by atoms with van der Waals surface area (Å²) >= 11 is 0. The summed E-state index contributed by atoms with van der Waals surface area (Å²) in [6.45, 7) is 13.0. The molecule has 1 aromatic rings. The highest BCUT2D eigenvalue weighted by Crippen LogP contribution is 2.19. The molecule has 2 fully saturated rings. The minimum absolute atomic E-state index is 0. The minimum Gasteiger partial charge on any atom is -0.355 e. The van der Waals surface area contributed by atoms with Gasteiger partial charge in [0.2, 0.25) is 0 Å². The first-order valence-corrected chi connectivity index (χ1v) is 12.1. The number of pyridine rings is 1. The number of nitrogens with one attached hydrogen (secondary N) is 2.